The van der Waals surface area contributed by atoms with Crippen LogP contribution in [0.15, 0.2) is 60.7 Å². The molecule has 2 heterocycles. The predicted molar refractivity (Wildman–Crippen MR) is 135 cm³/mol. The summed E-state index contributed by atoms with van der Waals surface area (Å²) in [6.45, 7) is 4.81. The van der Waals surface area contributed by atoms with Crippen LogP contribution in [0.25, 0.3) is 42.3 Å². The van der Waals surface area contributed by atoms with Crippen molar-refractivity contribution in [2.24, 2.45) is 0 Å². The smallest absolute Gasteiger partial charge is 0.0675 e. The molecule has 1 nitrogen and oxygen atoms in total. The van der Waals surface area contributed by atoms with Crippen LogP contribution in [0, 0.1) is 0 Å². The summed E-state index contributed by atoms with van der Waals surface area (Å²) in [5, 5.41) is 4.31. The monoisotopic (exact) mass is 421 g/mol. The minimum absolute atomic E-state index is 0.0551. The number of para-hydroxylation sites is 1. The summed E-state index contributed by atoms with van der Waals surface area (Å²) in [7, 11) is 0. The first kappa shape index (κ1) is 18.0. The van der Waals surface area contributed by atoms with Crippen molar-refractivity contribution in [1.82, 2.24) is 4.57 Å². The number of aromatic nitrogens is 1. The van der Waals surface area contributed by atoms with E-state index in [0.717, 1.165) is 0 Å². The molecule has 1 fully saturated rings. The van der Waals surface area contributed by atoms with Crippen molar-refractivity contribution >= 4 is 43.2 Å². The van der Waals surface area contributed by atoms with Crippen molar-refractivity contribution in [3.05, 3.63) is 71.8 Å². The van der Waals surface area contributed by atoms with Crippen molar-refractivity contribution in [2.75, 3.05) is 0 Å². The second kappa shape index (κ2) is 6.23. The van der Waals surface area contributed by atoms with Crippen LogP contribution >= 0.6 is 11.3 Å². The van der Waals surface area contributed by atoms with Gasteiger partial charge in [-0.1, -0.05) is 87.7 Å². The van der Waals surface area contributed by atoms with Crippen LogP contribution < -0.4 is 0 Å². The molecule has 154 valence electrons. The fourth-order valence-corrected chi connectivity index (χ4v) is 8.07. The van der Waals surface area contributed by atoms with Crippen LogP contribution in [-0.2, 0) is 5.41 Å². The van der Waals surface area contributed by atoms with Gasteiger partial charge >= 0.3 is 0 Å². The Balaban J connectivity index is 1.63. The van der Waals surface area contributed by atoms with E-state index in [4.69, 9.17) is 0 Å². The van der Waals surface area contributed by atoms with Crippen molar-refractivity contribution in [1.29, 1.82) is 0 Å². The molecule has 2 heteroatoms. The number of hydrogen-bond donors (Lipinski definition) is 0. The molecule has 0 saturated heterocycles. The zero-order valence-electron chi connectivity index (χ0n) is 18.2. The third kappa shape index (κ3) is 2.27. The number of rotatable bonds is 1. The van der Waals surface area contributed by atoms with E-state index in [2.05, 4.69) is 79.1 Å². The topological polar surface area (TPSA) is 4.93 Å². The lowest BCUT2D eigenvalue weighted by Crippen LogP contribution is -2.15. The van der Waals surface area contributed by atoms with Crippen molar-refractivity contribution in [3.63, 3.8) is 0 Å². The molecular weight excluding hydrogens is 394 g/mol. The lowest BCUT2D eigenvalue weighted by molar-refractivity contribution is 0.368. The summed E-state index contributed by atoms with van der Waals surface area (Å²) in [5.41, 5.74) is 7.42. The summed E-state index contributed by atoms with van der Waals surface area (Å²) in [5.74, 6) is 0. The maximum absolute atomic E-state index is 2.73. The highest BCUT2D eigenvalue weighted by Crippen LogP contribution is 2.56. The van der Waals surface area contributed by atoms with Gasteiger partial charge in [0.15, 0.2) is 0 Å². The van der Waals surface area contributed by atoms with Gasteiger partial charge < -0.3 is 4.57 Å². The molecule has 3 aromatic carbocycles. The molecule has 0 amide bonds. The Hall–Kier alpha value is -2.58. The molecule has 0 spiro atoms. The minimum Gasteiger partial charge on any atom is -0.336 e. The number of thiophene rings is 1. The molecule has 0 unspecified atom stereocenters. The Morgan fingerprint density at radius 1 is 0.806 bits per heavy atom. The third-order valence-electron chi connectivity index (χ3n) is 7.94. The van der Waals surface area contributed by atoms with E-state index in [-0.39, 0.29) is 5.41 Å². The summed E-state index contributed by atoms with van der Waals surface area (Å²) in [6, 6.07) is 23.6. The molecule has 0 N–H and O–H groups in total. The SMILES string of the molecule is CC1(C)c2ccccc2-c2sc3c(ccc4c5ccccc5n(C5CCCCC5)c43)c21. The van der Waals surface area contributed by atoms with Crippen LogP contribution in [0.4, 0.5) is 0 Å². The number of hydrogen-bond acceptors (Lipinski definition) is 1. The molecule has 2 aliphatic rings. The maximum Gasteiger partial charge on any atom is 0.0675 e. The van der Waals surface area contributed by atoms with Gasteiger partial charge in [-0.05, 0) is 41.0 Å². The number of fused-ring (bicyclic) bond motifs is 9. The largest absolute Gasteiger partial charge is 0.336 e. The zero-order valence-corrected chi connectivity index (χ0v) is 19.1. The van der Waals surface area contributed by atoms with Gasteiger partial charge in [-0.3, -0.25) is 0 Å². The van der Waals surface area contributed by atoms with Gasteiger partial charge in [-0.25, -0.2) is 0 Å². The summed E-state index contributed by atoms with van der Waals surface area (Å²) in [6.07, 6.45) is 6.72. The van der Waals surface area contributed by atoms with Gasteiger partial charge in [-0.2, -0.15) is 0 Å². The first-order valence-corrected chi connectivity index (χ1v) is 12.6. The third-order valence-corrected chi connectivity index (χ3v) is 9.18. The molecule has 2 aromatic heterocycles. The molecule has 0 radical (unpaired) electrons. The Bertz CT molecular complexity index is 1490. The highest BCUT2D eigenvalue weighted by atomic mass is 32.1. The first-order valence-electron chi connectivity index (χ1n) is 11.7. The molecule has 0 bridgehead atoms. The van der Waals surface area contributed by atoms with Crippen LogP contribution in [0.1, 0.15) is 63.1 Å². The highest BCUT2D eigenvalue weighted by Gasteiger charge is 2.39. The predicted octanol–water partition coefficient (Wildman–Crippen LogP) is 8.82. The van der Waals surface area contributed by atoms with Crippen LogP contribution in [0.3, 0.4) is 0 Å². The summed E-state index contributed by atoms with van der Waals surface area (Å²) in [4.78, 5) is 1.49. The Morgan fingerprint density at radius 3 is 2.42 bits per heavy atom. The fraction of sp³-hybridized carbons (Fsp3) is 0.310. The van der Waals surface area contributed by atoms with E-state index in [1.54, 1.807) is 0 Å². The normalized spacial score (nSPS) is 18.1. The van der Waals surface area contributed by atoms with E-state index < -0.39 is 0 Å². The van der Waals surface area contributed by atoms with Crippen molar-refractivity contribution < 1.29 is 0 Å². The molecule has 2 aliphatic carbocycles. The van der Waals surface area contributed by atoms with Gasteiger partial charge in [-0.15, -0.1) is 11.3 Å². The lowest BCUT2D eigenvalue weighted by Gasteiger charge is -2.25. The number of benzene rings is 3. The van der Waals surface area contributed by atoms with Gasteiger partial charge in [0.2, 0.25) is 0 Å². The van der Waals surface area contributed by atoms with Gasteiger partial charge in [0.1, 0.15) is 0 Å². The average Bonchev–Trinajstić information content (AvgIpc) is 3.42. The zero-order chi connectivity index (χ0) is 20.7. The quantitative estimate of drug-likeness (QED) is 0.255. The van der Waals surface area contributed by atoms with E-state index in [9.17, 15) is 0 Å². The lowest BCUT2D eigenvalue weighted by atomic mass is 9.81. The van der Waals surface area contributed by atoms with E-state index >= 15 is 0 Å². The van der Waals surface area contributed by atoms with E-state index in [1.165, 1.54) is 85.6 Å². The average molecular weight is 422 g/mol. The molecule has 0 atom stereocenters. The molecule has 31 heavy (non-hydrogen) atoms. The second-order valence-corrected chi connectivity index (χ2v) is 11.0. The van der Waals surface area contributed by atoms with Crippen LogP contribution in [-0.4, -0.2) is 4.57 Å². The minimum atomic E-state index is 0.0551. The van der Waals surface area contributed by atoms with Gasteiger partial charge in [0.25, 0.3) is 0 Å². The van der Waals surface area contributed by atoms with Crippen molar-refractivity contribution in [2.45, 2.75) is 57.4 Å². The molecular formula is C29H27NS. The molecule has 0 aliphatic heterocycles. The Kier molecular flexibility index (Phi) is 3.63. The van der Waals surface area contributed by atoms with E-state index in [1.807, 2.05) is 11.3 Å². The van der Waals surface area contributed by atoms with Crippen LogP contribution in [0.5, 0.6) is 0 Å². The summed E-state index contributed by atoms with van der Waals surface area (Å²) >= 11 is 2.03. The van der Waals surface area contributed by atoms with Crippen molar-refractivity contribution in [3.8, 4) is 10.4 Å². The van der Waals surface area contributed by atoms with E-state index in [0.29, 0.717) is 6.04 Å². The highest BCUT2D eigenvalue weighted by molar-refractivity contribution is 7.23. The fourth-order valence-electron chi connectivity index (χ4n) is 6.52. The summed E-state index contributed by atoms with van der Waals surface area (Å²) < 4.78 is 4.23. The molecule has 5 aromatic rings. The molecule has 7 rings (SSSR count). The second-order valence-electron chi connectivity index (χ2n) is 9.99. The Labute approximate surface area is 187 Å². The maximum atomic E-state index is 2.73. The first-order chi connectivity index (χ1) is 15.2. The number of nitrogens with zero attached hydrogens (tertiary/aromatic N) is 1. The Morgan fingerprint density at radius 2 is 1.55 bits per heavy atom. The molecule has 1 saturated carbocycles. The van der Waals surface area contributed by atoms with Crippen LogP contribution in [0.2, 0.25) is 0 Å². The van der Waals surface area contributed by atoms with Gasteiger partial charge in [0.05, 0.1) is 10.2 Å². The standard InChI is InChI=1S/C29H27NS/c1-29(2)23-14-8-6-13-21(23)27-25(29)22-17-16-20-19-12-7-9-15-24(19)30(26(20)28(22)31-27)18-10-4-3-5-11-18/h6-9,12-18H,3-5,10-11H2,1-2H3. The van der Waals surface area contributed by atoms with Gasteiger partial charge in [0, 0.05) is 32.6 Å².